The number of aryl methyl sites for hydroxylation is 1. The van der Waals surface area contributed by atoms with Crippen LogP contribution in [-0.2, 0) is 0 Å². The van der Waals surface area contributed by atoms with E-state index < -0.39 is 0 Å². The van der Waals surface area contributed by atoms with Gasteiger partial charge >= 0.3 is 0 Å². The van der Waals surface area contributed by atoms with Crippen molar-refractivity contribution >= 4 is 5.91 Å². The van der Waals surface area contributed by atoms with Crippen molar-refractivity contribution < 1.29 is 19.4 Å². The first-order valence-corrected chi connectivity index (χ1v) is 10.5. The van der Waals surface area contributed by atoms with Crippen LogP contribution in [0.25, 0.3) is 11.3 Å². The molecule has 0 saturated carbocycles. The number of benzene rings is 2. The van der Waals surface area contributed by atoms with Crippen LogP contribution < -0.4 is 9.47 Å². The molecule has 1 aliphatic heterocycles. The number of aromatic nitrogens is 2. The first kappa shape index (κ1) is 20.8. The molecule has 1 amide bonds. The van der Waals surface area contributed by atoms with Crippen LogP contribution in [0, 0.1) is 6.92 Å². The van der Waals surface area contributed by atoms with E-state index in [-0.39, 0.29) is 17.7 Å². The second-order valence-electron chi connectivity index (χ2n) is 7.63. The molecule has 0 spiro atoms. The van der Waals surface area contributed by atoms with Crippen LogP contribution in [0.2, 0.25) is 0 Å². The Labute approximate surface area is 181 Å². The topological polar surface area (TPSA) is 87.7 Å². The molecule has 2 heterocycles. The van der Waals surface area contributed by atoms with E-state index in [0.29, 0.717) is 41.6 Å². The monoisotopic (exact) mass is 421 g/mol. The third kappa shape index (κ3) is 3.50. The number of hydrogen-bond donors (Lipinski definition) is 2. The number of phenolic OH excluding ortho intramolecular Hbond substituents is 1. The zero-order valence-electron chi connectivity index (χ0n) is 18.2. The average molecular weight is 421 g/mol. The maximum atomic E-state index is 13.2. The number of amides is 1. The van der Waals surface area contributed by atoms with Crippen molar-refractivity contribution in [2.75, 3.05) is 20.3 Å². The van der Waals surface area contributed by atoms with Gasteiger partial charge in [0, 0.05) is 17.7 Å². The van der Waals surface area contributed by atoms with Gasteiger partial charge in [-0.05, 0) is 50.1 Å². The van der Waals surface area contributed by atoms with Crippen LogP contribution in [0.15, 0.2) is 36.4 Å². The van der Waals surface area contributed by atoms with Gasteiger partial charge in [0.25, 0.3) is 5.91 Å². The summed E-state index contributed by atoms with van der Waals surface area (Å²) in [6.07, 6.45) is 0.819. The molecule has 31 heavy (non-hydrogen) atoms. The largest absolute Gasteiger partial charge is 0.507 e. The third-order valence-electron chi connectivity index (χ3n) is 5.54. The van der Waals surface area contributed by atoms with E-state index in [4.69, 9.17) is 9.47 Å². The molecular formula is C24H27N3O4. The fraction of sp³-hybridized carbons (Fsp3) is 0.333. The van der Waals surface area contributed by atoms with Crippen molar-refractivity contribution in [3.8, 4) is 28.5 Å². The summed E-state index contributed by atoms with van der Waals surface area (Å²) in [5.41, 5.74) is 4.31. The molecule has 3 aromatic rings. The average Bonchev–Trinajstić information content (AvgIpc) is 3.30. The Morgan fingerprint density at radius 3 is 2.68 bits per heavy atom. The molecule has 1 aliphatic rings. The van der Waals surface area contributed by atoms with E-state index in [1.54, 1.807) is 13.2 Å². The maximum Gasteiger partial charge on any atom is 0.273 e. The zero-order chi connectivity index (χ0) is 22.1. The lowest BCUT2D eigenvalue weighted by Gasteiger charge is -2.26. The molecular weight excluding hydrogens is 394 g/mol. The highest BCUT2D eigenvalue weighted by atomic mass is 16.5. The van der Waals surface area contributed by atoms with Gasteiger partial charge in [-0.1, -0.05) is 24.6 Å². The molecule has 0 saturated heterocycles. The highest BCUT2D eigenvalue weighted by Crippen LogP contribution is 2.46. The normalized spacial score (nSPS) is 15.3. The number of carbonyl (C=O) groups is 1. The summed E-state index contributed by atoms with van der Waals surface area (Å²) in [6.45, 7) is 7.05. The van der Waals surface area contributed by atoms with E-state index in [9.17, 15) is 9.90 Å². The van der Waals surface area contributed by atoms with Gasteiger partial charge in [-0.3, -0.25) is 9.89 Å². The molecule has 4 rings (SSSR count). The molecule has 2 N–H and O–H groups in total. The second kappa shape index (κ2) is 8.34. The summed E-state index contributed by atoms with van der Waals surface area (Å²) < 4.78 is 11.2. The molecule has 0 fully saturated rings. The summed E-state index contributed by atoms with van der Waals surface area (Å²) >= 11 is 0. The SMILES string of the molecule is CCCN1C(=O)c2[nH]nc(-c3cc(C)ccc3O)c2C1c1ccc(OCC)c(OC)c1. The van der Waals surface area contributed by atoms with Crippen molar-refractivity contribution in [3.63, 3.8) is 0 Å². The number of fused-ring (bicyclic) bond motifs is 1. The predicted molar refractivity (Wildman–Crippen MR) is 118 cm³/mol. The lowest BCUT2D eigenvalue weighted by Crippen LogP contribution is -2.30. The summed E-state index contributed by atoms with van der Waals surface area (Å²) in [6, 6.07) is 10.8. The van der Waals surface area contributed by atoms with Crippen molar-refractivity contribution in [2.24, 2.45) is 0 Å². The highest BCUT2D eigenvalue weighted by Gasteiger charge is 2.42. The van der Waals surface area contributed by atoms with Gasteiger partial charge < -0.3 is 19.5 Å². The summed E-state index contributed by atoms with van der Waals surface area (Å²) in [5.74, 6) is 1.30. The number of hydrogen-bond acceptors (Lipinski definition) is 5. The molecule has 7 heteroatoms. The van der Waals surface area contributed by atoms with E-state index in [2.05, 4.69) is 10.2 Å². The van der Waals surface area contributed by atoms with Gasteiger partial charge in [-0.2, -0.15) is 5.10 Å². The third-order valence-corrected chi connectivity index (χ3v) is 5.54. The maximum absolute atomic E-state index is 13.2. The molecule has 1 unspecified atom stereocenters. The Balaban J connectivity index is 1.90. The van der Waals surface area contributed by atoms with Crippen LogP contribution in [0.5, 0.6) is 17.2 Å². The van der Waals surface area contributed by atoms with Crippen molar-refractivity contribution in [1.29, 1.82) is 0 Å². The summed E-state index contributed by atoms with van der Waals surface area (Å²) in [7, 11) is 1.60. The lowest BCUT2D eigenvalue weighted by atomic mass is 9.94. The first-order chi connectivity index (χ1) is 15.0. The number of methoxy groups -OCH3 is 1. The number of nitrogens with zero attached hydrogens (tertiary/aromatic N) is 2. The predicted octanol–water partition coefficient (Wildman–Crippen LogP) is 4.45. The minimum Gasteiger partial charge on any atom is -0.507 e. The van der Waals surface area contributed by atoms with Gasteiger partial charge in [0.05, 0.1) is 19.8 Å². The Morgan fingerprint density at radius 2 is 1.97 bits per heavy atom. The van der Waals surface area contributed by atoms with E-state index in [1.165, 1.54) is 0 Å². The van der Waals surface area contributed by atoms with Crippen LogP contribution in [0.1, 0.15) is 53.5 Å². The number of aromatic amines is 1. The van der Waals surface area contributed by atoms with Crippen LogP contribution in [0.4, 0.5) is 0 Å². The van der Waals surface area contributed by atoms with Crippen LogP contribution >= 0.6 is 0 Å². The van der Waals surface area contributed by atoms with Crippen LogP contribution in [-0.4, -0.2) is 46.4 Å². The Hall–Kier alpha value is -3.48. The number of H-pyrrole nitrogens is 1. The van der Waals surface area contributed by atoms with E-state index >= 15 is 0 Å². The van der Waals surface area contributed by atoms with Crippen LogP contribution in [0.3, 0.4) is 0 Å². The number of phenols is 1. The van der Waals surface area contributed by atoms with Crippen molar-refractivity contribution in [2.45, 2.75) is 33.2 Å². The Kier molecular flexibility index (Phi) is 5.59. The molecule has 1 atom stereocenters. The standard InChI is InChI=1S/C24H27N3O4/c1-5-11-27-23(15-8-10-18(31-6-2)19(13-15)30-4)20-21(25-26-22(20)24(27)29)16-12-14(3)7-9-17(16)28/h7-10,12-13,23,28H,5-6,11H2,1-4H3,(H,25,26). The smallest absolute Gasteiger partial charge is 0.273 e. The quantitative estimate of drug-likeness (QED) is 0.588. The number of carbonyl (C=O) groups excluding carboxylic acids is 1. The zero-order valence-corrected chi connectivity index (χ0v) is 18.2. The van der Waals surface area contributed by atoms with Gasteiger partial charge in [0.15, 0.2) is 11.5 Å². The molecule has 7 nitrogen and oxygen atoms in total. The first-order valence-electron chi connectivity index (χ1n) is 10.5. The van der Waals surface area contributed by atoms with Gasteiger partial charge in [-0.15, -0.1) is 0 Å². The molecule has 0 aliphatic carbocycles. The second-order valence-corrected chi connectivity index (χ2v) is 7.63. The molecule has 2 aromatic carbocycles. The lowest BCUT2D eigenvalue weighted by molar-refractivity contribution is 0.0743. The molecule has 1 aromatic heterocycles. The minimum atomic E-state index is -0.347. The number of nitrogens with one attached hydrogen (secondary N) is 1. The van der Waals surface area contributed by atoms with Gasteiger partial charge in [-0.25, -0.2) is 0 Å². The highest BCUT2D eigenvalue weighted by molar-refractivity contribution is 6.00. The minimum absolute atomic E-state index is 0.0967. The molecule has 162 valence electrons. The summed E-state index contributed by atoms with van der Waals surface area (Å²) in [5, 5.41) is 17.9. The van der Waals surface area contributed by atoms with E-state index in [1.807, 2.05) is 56.0 Å². The van der Waals surface area contributed by atoms with Crippen molar-refractivity contribution in [1.82, 2.24) is 15.1 Å². The van der Waals surface area contributed by atoms with Gasteiger partial charge in [0.1, 0.15) is 17.1 Å². The van der Waals surface area contributed by atoms with Gasteiger partial charge in [0.2, 0.25) is 0 Å². The Morgan fingerprint density at radius 1 is 1.16 bits per heavy atom. The fourth-order valence-corrected chi connectivity index (χ4v) is 4.19. The van der Waals surface area contributed by atoms with Crippen molar-refractivity contribution in [3.05, 3.63) is 58.8 Å². The summed E-state index contributed by atoms with van der Waals surface area (Å²) in [4.78, 5) is 15.1. The fourth-order valence-electron chi connectivity index (χ4n) is 4.19. The Bertz CT molecular complexity index is 1120. The number of aromatic hydroxyl groups is 1. The molecule has 0 bridgehead atoms. The number of ether oxygens (including phenoxy) is 2. The number of rotatable bonds is 7. The van der Waals surface area contributed by atoms with E-state index in [0.717, 1.165) is 23.1 Å². The molecule has 0 radical (unpaired) electrons.